The summed E-state index contributed by atoms with van der Waals surface area (Å²) in [7, 11) is 1.88. The maximum absolute atomic E-state index is 12.1. The summed E-state index contributed by atoms with van der Waals surface area (Å²) < 4.78 is 15.9. The fraction of sp³-hybridized carbons (Fsp3) is 0.312. The molecular formula is C16H18N2O4. The van der Waals surface area contributed by atoms with Crippen LogP contribution < -0.4 is 14.8 Å². The number of nitrogens with zero attached hydrogens (tertiary/aromatic N) is 1. The molecule has 1 aliphatic heterocycles. The van der Waals surface area contributed by atoms with Crippen LogP contribution in [0.2, 0.25) is 0 Å². The van der Waals surface area contributed by atoms with Crippen molar-refractivity contribution in [2.45, 2.75) is 13.0 Å². The first-order valence-corrected chi connectivity index (χ1v) is 7.06. The van der Waals surface area contributed by atoms with Gasteiger partial charge >= 0.3 is 0 Å². The molecule has 0 saturated heterocycles. The molecular weight excluding hydrogens is 284 g/mol. The van der Waals surface area contributed by atoms with Crippen molar-refractivity contribution in [2.24, 2.45) is 0 Å². The Morgan fingerprint density at radius 1 is 1.32 bits per heavy atom. The summed E-state index contributed by atoms with van der Waals surface area (Å²) in [6.45, 7) is 2.47. The summed E-state index contributed by atoms with van der Waals surface area (Å²) in [5.41, 5.74) is 0.688. The fourth-order valence-electron chi connectivity index (χ4n) is 2.28. The SMILES string of the molecule is CC(c1ccco1)N(C)CC(=O)Nc1ccc2c(c1)OCO2. The van der Waals surface area contributed by atoms with E-state index in [2.05, 4.69) is 5.32 Å². The predicted molar refractivity (Wildman–Crippen MR) is 80.9 cm³/mol. The van der Waals surface area contributed by atoms with E-state index in [4.69, 9.17) is 13.9 Å². The summed E-state index contributed by atoms with van der Waals surface area (Å²) >= 11 is 0. The highest BCUT2D eigenvalue weighted by atomic mass is 16.7. The molecule has 6 nitrogen and oxygen atoms in total. The Morgan fingerprint density at radius 3 is 2.91 bits per heavy atom. The first-order valence-electron chi connectivity index (χ1n) is 7.06. The first kappa shape index (κ1) is 14.5. The van der Waals surface area contributed by atoms with E-state index in [0.29, 0.717) is 17.2 Å². The van der Waals surface area contributed by atoms with Crippen molar-refractivity contribution >= 4 is 11.6 Å². The van der Waals surface area contributed by atoms with E-state index in [1.54, 1.807) is 24.5 Å². The van der Waals surface area contributed by atoms with Gasteiger partial charge in [-0.15, -0.1) is 0 Å². The molecule has 0 radical (unpaired) electrons. The molecule has 1 amide bonds. The molecule has 1 N–H and O–H groups in total. The second kappa shape index (κ2) is 6.11. The molecule has 1 atom stereocenters. The van der Waals surface area contributed by atoms with Gasteiger partial charge in [-0.25, -0.2) is 0 Å². The van der Waals surface area contributed by atoms with Crippen molar-refractivity contribution in [2.75, 3.05) is 25.7 Å². The van der Waals surface area contributed by atoms with Gasteiger partial charge in [0.1, 0.15) is 5.76 Å². The number of fused-ring (bicyclic) bond motifs is 1. The Labute approximate surface area is 128 Å². The molecule has 116 valence electrons. The summed E-state index contributed by atoms with van der Waals surface area (Å²) in [5, 5.41) is 2.86. The zero-order valence-electron chi connectivity index (χ0n) is 12.5. The number of rotatable bonds is 5. The van der Waals surface area contributed by atoms with Crippen LogP contribution in [0.1, 0.15) is 18.7 Å². The normalized spacial score (nSPS) is 14.1. The Morgan fingerprint density at radius 2 is 2.14 bits per heavy atom. The summed E-state index contributed by atoms with van der Waals surface area (Å²) in [6, 6.07) is 9.10. The Kier molecular flexibility index (Phi) is 4.02. The number of carbonyl (C=O) groups excluding carboxylic acids is 1. The van der Waals surface area contributed by atoms with Crippen LogP contribution in [0.4, 0.5) is 5.69 Å². The number of likely N-dealkylation sites (N-methyl/N-ethyl adjacent to an activating group) is 1. The van der Waals surface area contributed by atoms with E-state index in [0.717, 1.165) is 5.76 Å². The van der Waals surface area contributed by atoms with Crippen molar-refractivity contribution in [3.63, 3.8) is 0 Å². The predicted octanol–water partition coefficient (Wildman–Crippen LogP) is 2.64. The minimum absolute atomic E-state index is 0.0255. The highest BCUT2D eigenvalue weighted by Gasteiger charge is 2.18. The third-order valence-electron chi connectivity index (χ3n) is 3.67. The number of anilines is 1. The second-order valence-corrected chi connectivity index (χ2v) is 5.22. The second-order valence-electron chi connectivity index (χ2n) is 5.22. The number of furan rings is 1. The van der Waals surface area contributed by atoms with Crippen molar-refractivity contribution in [1.29, 1.82) is 0 Å². The molecule has 1 aliphatic rings. The minimum Gasteiger partial charge on any atom is -0.468 e. The standard InChI is InChI=1S/C16H18N2O4/c1-11(13-4-3-7-20-13)18(2)9-16(19)17-12-5-6-14-15(8-12)22-10-21-14/h3-8,11H,9-10H2,1-2H3,(H,17,19). The van der Waals surface area contributed by atoms with Gasteiger partial charge in [-0.2, -0.15) is 0 Å². The van der Waals surface area contributed by atoms with Gasteiger partial charge in [-0.3, -0.25) is 9.69 Å². The van der Waals surface area contributed by atoms with Gasteiger partial charge in [0, 0.05) is 11.8 Å². The molecule has 1 aromatic carbocycles. The Hall–Kier alpha value is -2.47. The van der Waals surface area contributed by atoms with Gasteiger partial charge in [0.15, 0.2) is 11.5 Å². The number of hydrogen-bond donors (Lipinski definition) is 1. The molecule has 0 aliphatic carbocycles. The zero-order valence-corrected chi connectivity index (χ0v) is 12.5. The quantitative estimate of drug-likeness (QED) is 0.920. The largest absolute Gasteiger partial charge is 0.468 e. The third kappa shape index (κ3) is 3.07. The molecule has 1 unspecified atom stereocenters. The van der Waals surface area contributed by atoms with Crippen LogP contribution >= 0.6 is 0 Å². The fourth-order valence-corrected chi connectivity index (χ4v) is 2.28. The molecule has 1 aromatic heterocycles. The third-order valence-corrected chi connectivity index (χ3v) is 3.67. The van der Waals surface area contributed by atoms with Crippen molar-refractivity contribution in [3.8, 4) is 11.5 Å². The van der Waals surface area contributed by atoms with Gasteiger partial charge in [-0.1, -0.05) is 0 Å². The highest BCUT2D eigenvalue weighted by Crippen LogP contribution is 2.34. The maximum Gasteiger partial charge on any atom is 0.238 e. The van der Waals surface area contributed by atoms with Crippen LogP contribution in [0.15, 0.2) is 41.0 Å². The lowest BCUT2D eigenvalue weighted by Gasteiger charge is -2.22. The van der Waals surface area contributed by atoms with Crippen LogP contribution in [0.25, 0.3) is 0 Å². The van der Waals surface area contributed by atoms with Crippen LogP contribution in [0, 0.1) is 0 Å². The van der Waals surface area contributed by atoms with Gasteiger partial charge in [0.25, 0.3) is 0 Å². The van der Waals surface area contributed by atoms with Gasteiger partial charge < -0.3 is 19.2 Å². The van der Waals surface area contributed by atoms with E-state index < -0.39 is 0 Å². The molecule has 3 rings (SSSR count). The first-order chi connectivity index (χ1) is 10.6. The molecule has 22 heavy (non-hydrogen) atoms. The van der Waals surface area contributed by atoms with Crippen LogP contribution in [0.3, 0.4) is 0 Å². The lowest BCUT2D eigenvalue weighted by molar-refractivity contribution is -0.117. The van der Waals surface area contributed by atoms with Crippen LogP contribution in [-0.2, 0) is 4.79 Å². The lowest BCUT2D eigenvalue weighted by atomic mass is 10.2. The number of benzene rings is 1. The molecule has 2 aromatic rings. The molecule has 2 heterocycles. The minimum atomic E-state index is -0.0974. The van der Waals surface area contributed by atoms with E-state index >= 15 is 0 Å². The van der Waals surface area contributed by atoms with E-state index in [1.807, 2.05) is 31.0 Å². The number of carbonyl (C=O) groups is 1. The van der Waals surface area contributed by atoms with Crippen molar-refractivity contribution in [1.82, 2.24) is 4.90 Å². The molecule has 0 fully saturated rings. The van der Waals surface area contributed by atoms with Gasteiger partial charge in [0.05, 0.1) is 18.8 Å². The van der Waals surface area contributed by atoms with Crippen molar-refractivity contribution < 1.29 is 18.7 Å². The van der Waals surface area contributed by atoms with Crippen LogP contribution in [0.5, 0.6) is 11.5 Å². The number of ether oxygens (including phenoxy) is 2. The maximum atomic E-state index is 12.1. The number of amides is 1. The zero-order chi connectivity index (χ0) is 15.5. The smallest absolute Gasteiger partial charge is 0.238 e. The molecule has 0 saturated carbocycles. The molecule has 6 heteroatoms. The topological polar surface area (TPSA) is 63.9 Å². The highest BCUT2D eigenvalue weighted by molar-refractivity contribution is 5.92. The van der Waals surface area contributed by atoms with E-state index in [9.17, 15) is 4.79 Å². The van der Waals surface area contributed by atoms with E-state index in [1.165, 1.54) is 0 Å². The monoisotopic (exact) mass is 302 g/mol. The average Bonchev–Trinajstić information content (AvgIpc) is 3.17. The summed E-state index contributed by atoms with van der Waals surface area (Å²) in [5.74, 6) is 2.08. The van der Waals surface area contributed by atoms with Gasteiger partial charge in [0.2, 0.25) is 12.7 Å². The van der Waals surface area contributed by atoms with Crippen molar-refractivity contribution in [3.05, 3.63) is 42.4 Å². The van der Waals surface area contributed by atoms with E-state index in [-0.39, 0.29) is 25.3 Å². The molecule has 0 spiro atoms. The Bertz CT molecular complexity index is 654. The average molecular weight is 302 g/mol. The number of hydrogen-bond acceptors (Lipinski definition) is 5. The molecule has 0 bridgehead atoms. The van der Waals surface area contributed by atoms with Gasteiger partial charge in [-0.05, 0) is 38.2 Å². The summed E-state index contributed by atoms with van der Waals surface area (Å²) in [6.07, 6.45) is 1.63. The lowest BCUT2D eigenvalue weighted by Crippen LogP contribution is -2.32. The number of nitrogens with one attached hydrogen (secondary N) is 1. The summed E-state index contributed by atoms with van der Waals surface area (Å²) in [4.78, 5) is 14.1. The van der Waals surface area contributed by atoms with Crippen LogP contribution in [-0.4, -0.2) is 31.2 Å². The Balaban J connectivity index is 1.58.